The fraction of sp³-hybridized carbons (Fsp3) is 0.278. The number of carboxylic acids is 2. The molecule has 0 aliphatic carbocycles. The Labute approximate surface area is 155 Å². The first-order chi connectivity index (χ1) is 12.8. The third-order valence-corrected chi connectivity index (χ3v) is 3.57. The predicted molar refractivity (Wildman–Crippen MR) is 97.0 cm³/mol. The summed E-state index contributed by atoms with van der Waals surface area (Å²) in [5, 5.41) is 24.5. The molecule has 0 aliphatic rings. The van der Waals surface area contributed by atoms with E-state index in [-0.39, 0.29) is 12.8 Å². The monoisotopic (exact) mass is 371 g/mol. The van der Waals surface area contributed by atoms with Gasteiger partial charge in [0.2, 0.25) is 0 Å². The Bertz CT molecular complexity index is 888. The first-order valence-corrected chi connectivity index (χ1v) is 8.22. The SMILES string of the molecule is Cc1cc(Cn2cc(-c3ccccn3)cn2)n(C)n1.O=C(O)CCC(=O)O. The number of carboxylic acid groups (broad SMARTS) is 2. The first kappa shape index (κ1) is 19.8. The number of rotatable bonds is 6. The molecule has 0 saturated heterocycles. The van der Waals surface area contributed by atoms with Crippen molar-refractivity contribution in [2.75, 3.05) is 0 Å². The number of hydrogen-bond donors (Lipinski definition) is 2. The van der Waals surface area contributed by atoms with Gasteiger partial charge in [-0.25, -0.2) is 0 Å². The highest BCUT2D eigenvalue weighted by Crippen LogP contribution is 2.15. The number of aromatic nitrogens is 5. The van der Waals surface area contributed by atoms with Gasteiger partial charge in [0.15, 0.2) is 0 Å². The summed E-state index contributed by atoms with van der Waals surface area (Å²) in [6, 6.07) is 7.94. The zero-order valence-corrected chi connectivity index (χ0v) is 15.1. The van der Waals surface area contributed by atoms with E-state index in [0.717, 1.165) is 22.6 Å². The summed E-state index contributed by atoms with van der Waals surface area (Å²) in [5.41, 5.74) is 4.12. The van der Waals surface area contributed by atoms with Crippen molar-refractivity contribution in [1.29, 1.82) is 0 Å². The van der Waals surface area contributed by atoms with Crippen LogP contribution >= 0.6 is 0 Å². The molecule has 9 nitrogen and oxygen atoms in total. The highest BCUT2D eigenvalue weighted by Gasteiger charge is 2.06. The summed E-state index contributed by atoms with van der Waals surface area (Å²) in [4.78, 5) is 23.6. The number of aliphatic carboxylic acids is 2. The lowest BCUT2D eigenvalue weighted by Crippen LogP contribution is -2.05. The molecule has 3 rings (SSSR count). The minimum Gasteiger partial charge on any atom is -0.481 e. The topological polar surface area (TPSA) is 123 Å². The van der Waals surface area contributed by atoms with Gasteiger partial charge in [-0.3, -0.25) is 23.9 Å². The Morgan fingerprint density at radius 1 is 1.15 bits per heavy atom. The molecule has 0 saturated carbocycles. The highest BCUT2D eigenvalue weighted by molar-refractivity contribution is 5.75. The number of aryl methyl sites for hydroxylation is 2. The maximum absolute atomic E-state index is 9.64. The van der Waals surface area contributed by atoms with Gasteiger partial charge in [-0.15, -0.1) is 0 Å². The smallest absolute Gasteiger partial charge is 0.303 e. The van der Waals surface area contributed by atoms with Gasteiger partial charge in [-0.1, -0.05) is 6.07 Å². The molecule has 3 heterocycles. The number of carbonyl (C=O) groups is 2. The molecule has 9 heteroatoms. The average molecular weight is 371 g/mol. The summed E-state index contributed by atoms with van der Waals surface area (Å²) < 4.78 is 3.79. The van der Waals surface area contributed by atoms with Crippen LogP contribution in [0, 0.1) is 6.92 Å². The van der Waals surface area contributed by atoms with Crippen LogP contribution in [0.15, 0.2) is 42.9 Å². The van der Waals surface area contributed by atoms with Gasteiger partial charge in [0.1, 0.15) is 0 Å². The van der Waals surface area contributed by atoms with Gasteiger partial charge in [0.25, 0.3) is 0 Å². The van der Waals surface area contributed by atoms with Crippen molar-refractivity contribution in [2.24, 2.45) is 7.05 Å². The quantitative estimate of drug-likeness (QED) is 0.679. The molecule has 3 aromatic heterocycles. The van der Waals surface area contributed by atoms with Crippen LogP contribution in [0.5, 0.6) is 0 Å². The van der Waals surface area contributed by atoms with Crippen LogP contribution in [0.25, 0.3) is 11.3 Å². The van der Waals surface area contributed by atoms with Crippen molar-refractivity contribution < 1.29 is 19.8 Å². The second-order valence-electron chi connectivity index (χ2n) is 5.83. The summed E-state index contributed by atoms with van der Waals surface area (Å²) in [7, 11) is 1.95. The fourth-order valence-corrected chi connectivity index (χ4v) is 2.31. The molecule has 0 bridgehead atoms. The molecule has 3 aromatic rings. The molecule has 0 unspecified atom stereocenters. The predicted octanol–water partition coefficient (Wildman–Crippen LogP) is 1.97. The van der Waals surface area contributed by atoms with Crippen LogP contribution in [-0.4, -0.2) is 46.7 Å². The average Bonchev–Trinajstić information content (AvgIpc) is 3.21. The summed E-state index contributed by atoms with van der Waals surface area (Å²) >= 11 is 0. The lowest BCUT2D eigenvalue weighted by molar-refractivity contribution is -0.143. The molecule has 27 heavy (non-hydrogen) atoms. The summed E-state index contributed by atoms with van der Waals surface area (Å²) in [5.74, 6) is -2.15. The van der Waals surface area contributed by atoms with Gasteiger partial charge in [-0.05, 0) is 25.1 Å². The maximum atomic E-state index is 9.64. The Morgan fingerprint density at radius 3 is 2.37 bits per heavy atom. The lowest BCUT2D eigenvalue weighted by atomic mass is 10.2. The molecule has 0 amide bonds. The molecular weight excluding hydrogens is 350 g/mol. The Kier molecular flexibility index (Phi) is 6.81. The largest absolute Gasteiger partial charge is 0.481 e. The standard InChI is InChI=1S/C14H15N5.C4H6O4/c1-11-7-13(18(2)17-11)10-19-9-12(8-16-19)14-5-3-4-6-15-14;5-3(6)1-2-4(7)8/h3-9H,10H2,1-2H3;1-2H2,(H,5,6)(H,7,8). The van der Waals surface area contributed by atoms with E-state index in [1.165, 1.54) is 0 Å². The molecule has 0 aliphatic heterocycles. The van der Waals surface area contributed by atoms with Crippen LogP contribution in [0.1, 0.15) is 24.2 Å². The minimum absolute atomic E-state index is 0.296. The van der Waals surface area contributed by atoms with Gasteiger partial charge in [0, 0.05) is 25.0 Å². The van der Waals surface area contributed by atoms with Gasteiger partial charge < -0.3 is 10.2 Å². The van der Waals surface area contributed by atoms with Crippen LogP contribution in [-0.2, 0) is 23.2 Å². The van der Waals surface area contributed by atoms with Crippen molar-refractivity contribution in [2.45, 2.75) is 26.3 Å². The van der Waals surface area contributed by atoms with E-state index < -0.39 is 11.9 Å². The second kappa shape index (κ2) is 9.27. The van der Waals surface area contributed by atoms with E-state index in [0.29, 0.717) is 6.54 Å². The number of pyridine rings is 1. The van der Waals surface area contributed by atoms with Crippen LogP contribution in [0.4, 0.5) is 0 Å². The fourth-order valence-electron chi connectivity index (χ4n) is 2.31. The van der Waals surface area contributed by atoms with E-state index >= 15 is 0 Å². The highest BCUT2D eigenvalue weighted by atomic mass is 16.4. The van der Waals surface area contributed by atoms with Crippen LogP contribution in [0.3, 0.4) is 0 Å². The molecule has 0 atom stereocenters. The van der Waals surface area contributed by atoms with Crippen molar-refractivity contribution in [3.8, 4) is 11.3 Å². The lowest BCUT2D eigenvalue weighted by Gasteiger charge is -2.01. The maximum Gasteiger partial charge on any atom is 0.303 e. The van der Waals surface area contributed by atoms with Crippen LogP contribution in [0.2, 0.25) is 0 Å². The minimum atomic E-state index is -1.08. The Hall–Kier alpha value is -3.49. The van der Waals surface area contributed by atoms with E-state index in [1.54, 1.807) is 6.20 Å². The zero-order chi connectivity index (χ0) is 19.8. The van der Waals surface area contributed by atoms with E-state index in [4.69, 9.17) is 10.2 Å². The van der Waals surface area contributed by atoms with Gasteiger partial charge in [0.05, 0.1) is 42.7 Å². The molecule has 142 valence electrons. The van der Waals surface area contributed by atoms with Crippen molar-refractivity contribution >= 4 is 11.9 Å². The molecule has 0 aromatic carbocycles. The van der Waals surface area contributed by atoms with E-state index in [1.807, 2.05) is 53.9 Å². The van der Waals surface area contributed by atoms with Gasteiger partial charge in [-0.2, -0.15) is 10.2 Å². The van der Waals surface area contributed by atoms with Crippen molar-refractivity contribution in [3.63, 3.8) is 0 Å². The molecule has 0 radical (unpaired) electrons. The normalized spacial score (nSPS) is 10.1. The number of hydrogen-bond acceptors (Lipinski definition) is 5. The van der Waals surface area contributed by atoms with E-state index in [2.05, 4.69) is 21.2 Å². The molecule has 0 fully saturated rings. The van der Waals surface area contributed by atoms with Crippen molar-refractivity contribution in [3.05, 3.63) is 54.2 Å². The third kappa shape index (κ3) is 6.38. The Balaban J connectivity index is 0.000000279. The van der Waals surface area contributed by atoms with Gasteiger partial charge >= 0.3 is 11.9 Å². The van der Waals surface area contributed by atoms with Crippen molar-refractivity contribution in [1.82, 2.24) is 24.5 Å². The zero-order valence-electron chi connectivity index (χ0n) is 15.1. The third-order valence-electron chi connectivity index (χ3n) is 3.57. The molecule has 0 spiro atoms. The number of nitrogens with zero attached hydrogens (tertiary/aromatic N) is 5. The molecule has 2 N–H and O–H groups in total. The Morgan fingerprint density at radius 2 is 1.85 bits per heavy atom. The second-order valence-corrected chi connectivity index (χ2v) is 5.83. The summed E-state index contributed by atoms with van der Waals surface area (Å²) in [6.45, 7) is 2.70. The molecular formula is C18H21N5O4. The van der Waals surface area contributed by atoms with E-state index in [9.17, 15) is 9.59 Å². The van der Waals surface area contributed by atoms with Crippen LogP contribution < -0.4 is 0 Å². The first-order valence-electron chi connectivity index (χ1n) is 8.22. The summed E-state index contributed by atoms with van der Waals surface area (Å²) in [6.07, 6.45) is 5.04.